The minimum absolute atomic E-state index is 0.00821. The molecule has 0 aliphatic carbocycles. The fraction of sp³-hybridized carbons (Fsp3) is 0.923. The Morgan fingerprint density at radius 3 is 2.45 bits per heavy atom. The molecule has 0 aromatic carbocycles. The number of piperidine rings is 1. The third-order valence-electron chi connectivity index (χ3n) is 3.44. The normalized spacial score (nSPS) is 18.1. The van der Waals surface area contributed by atoms with Crippen LogP contribution in [0.1, 0.15) is 39.0 Å². The van der Waals surface area contributed by atoms with Crippen molar-refractivity contribution in [1.29, 1.82) is 0 Å². The van der Waals surface area contributed by atoms with Crippen LogP contribution < -0.4 is 10.0 Å². The Bertz CT molecular complexity index is 390. The number of hydrogen-bond donors (Lipinski definition) is 2. The fourth-order valence-corrected chi connectivity index (χ4v) is 3.21. The predicted octanol–water partition coefficient (Wildman–Crippen LogP) is 0.306. The molecule has 1 heterocycles. The number of carbonyl (C=O) groups is 1. The van der Waals surface area contributed by atoms with Gasteiger partial charge in [0.05, 0.1) is 12.8 Å². The number of carbonyl (C=O) groups excluding carboxylic acids is 1. The number of hydrogen-bond acceptors (Lipinski definition) is 4. The first-order valence-corrected chi connectivity index (χ1v) is 9.26. The van der Waals surface area contributed by atoms with E-state index >= 15 is 0 Å². The molecule has 0 radical (unpaired) electrons. The van der Waals surface area contributed by atoms with Crippen LogP contribution in [0.5, 0.6) is 0 Å². The molecule has 1 amide bonds. The van der Waals surface area contributed by atoms with Gasteiger partial charge in [0.25, 0.3) is 0 Å². The van der Waals surface area contributed by atoms with Crippen molar-refractivity contribution in [3.05, 3.63) is 0 Å². The van der Waals surface area contributed by atoms with Gasteiger partial charge in [0.1, 0.15) is 0 Å². The SMILES string of the molecule is CCCCCNC(=O)CN1CCC(NS(C)(=O)=O)CC1. The average molecular weight is 305 g/mol. The molecule has 118 valence electrons. The van der Waals surface area contributed by atoms with E-state index in [0.717, 1.165) is 51.7 Å². The summed E-state index contributed by atoms with van der Waals surface area (Å²) in [5.41, 5.74) is 0. The van der Waals surface area contributed by atoms with Gasteiger partial charge in [0.15, 0.2) is 0 Å². The summed E-state index contributed by atoms with van der Waals surface area (Å²) in [6.45, 7) is 4.82. The Balaban J connectivity index is 2.17. The van der Waals surface area contributed by atoms with Crippen LogP contribution in [0.25, 0.3) is 0 Å². The number of amides is 1. The van der Waals surface area contributed by atoms with Crippen LogP contribution in [0.2, 0.25) is 0 Å². The molecule has 7 heteroatoms. The van der Waals surface area contributed by atoms with Gasteiger partial charge in [-0.2, -0.15) is 0 Å². The van der Waals surface area contributed by atoms with Crippen molar-refractivity contribution in [2.75, 3.05) is 32.4 Å². The van der Waals surface area contributed by atoms with Gasteiger partial charge < -0.3 is 5.32 Å². The van der Waals surface area contributed by atoms with E-state index in [2.05, 4.69) is 21.9 Å². The molecule has 1 fully saturated rings. The molecule has 1 saturated heterocycles. The van der Waals surface area contributed by atoms with Gasteiger partial charge >= 0.3 is 0 Å². The summed E-state index contributed by atoms with van der Waals surface area (Å²) in [4.78, 5) is 13.8. The van der Waals surface area contributed by atoms with E-state index in [-0.39, 0.29) is 11.9 Å². The summed E-state index contributed by atoms with van der Waals surface area (Å²) in [6, 6.07) is 0.00821. The second kappa shape index (κ2) is 8.59. The summed E-state index contributed by atoms with van der Waals surface area (Å²) in [7, 11) is -3.13. The molecule has 0 bridgehead atoms. The molecule has 2 N–H and O–H groups in total. The molecule has 20 heavy (non-hydrogen) atoms. The standard InChI is InChI=1S/C13H27N3O3S/c1-3-4-5-8-14-13(17)11-16-9-6-12(7-10-16)15-20(2,18)19/h12,15H,3-11H2,1-2H3,(H,14,17). The summed E-state index contributed by atoms with van der Waals surface area (Å²) in [5, 5.41) is 2.92. The van der Waals surface area contributed by atoms with Crippen molar-refractivity contribution < 1.29 is 13.2 Å². The van der Waals surface area contributed by atoms with Crippen molar-refractivity contribution in [1.82, 2.24) is 14.9 Å². The Kier molecular flexibility index (Phi) is 7.47. The lowest BCUT2D eigenvalue weighted by Crippen LogP contribution is -2.47. The van der Waals surface area contributed by atoms with Gasteiger partial charge in [-0.15, -0.1) is 0 Å². The van der Waals surface area contributed by atoms with E-state index in [4.69, 9.17) is 0 Å². The van der Waals surface area contributed by atoms with Crippen LogP contribution >= 0.6 is 0 Å². The Morgan fingerprint density at radius 1 is 1.25 bits per heavy atom. The topological polar surface area (TPSA) is 78.5 Å². The van der Waals surface area contributed by atoms with Crippen molar-refractivity contribution in [2.24, 2.45) is 0 Å². The highest BCUT2D eigenvalue weighted by atomic mass is 32.2. The van der Waals surface area contributed by atoms with Crippen molar-refractivity contribution >= 4 is 15.9 Å². The van der Waals surface area contributed by atoms with Gasteiger partial charge in [-0.1, -0.05) is 19.8 Å². The maximum Gasteiger partial charge on any atom is 0.234 e. The molecular formula is C13H27N3O3S. The zero-order valence-corrected chi connectivity index (χ0v) is 13.3. The lowest BCUT2D eigenvalue weighted by Gasteiger charge is -2.31. The largest absolute Gasteiger partial charge is 0.355 e. The molecule has 6 nitrogen and oxygen atoms in total. The smallest absolute Gasteiger partial charge is 0.234 e. The third kappa shape index (κ3) is 7.81. The quantitative estimate of drug-likeness (QED) is 0.633. The molecule has 0 aromatic heterocycles. The summed E-state index contributed by atoms with van der Waals surface area (Å²) >= 11 is 0. The van der Waals surface area contributed by atoms with Gasteiger partial charge in [0.2, 0.25) is 15.9 Å². The molecule has 1 aliphatic heterocycles. The molecule has 0 aromatic rings. The van der Waals surface area contributed by atoms with Crippen molar-refractivity contribution in [2.45, 2.75) is 45.1 Å². The highest BCUT2D eigenvalue weighted by Crippen LogP contribution is 2.10. The average Bonchev–Trinajstić information content (AvgIpc) is 2.35. The highest BCUT2D eigenvalue weighted by Gasteiger charge is 2.22. The lowest BCUT2D eigenvalue weighted by molar-refractivity contribution is -0.122. The summed E-state index contributed by atoms with van der Waals surface area (Å²) < 4.78 is 24.9. The van der Waals surface area contributed by atoms with Crippen molar-refractivity contribution in [3.8, 4) is 0 Å². The molecule has 0 atom stereocenters. The first kappa shape index (κ1) is 17.4. The van der Waals surface area contributed by atoms with Gasteiger partial charge in [0, 0.05) is 25.7 Å². The van der Waals surface area contributed by atoms with Crippen LogP contribution in [-0.2, 0) is 14.8 Å². The second-order valence-corrected chi connectivity index (χ2v) is 7.28. The molecule has 0 spiro atoms. The summed E-state index contributed by atoms with van der Waals surface area (Å²) in [6.07, 6.45) is 6.03. The van der Waals surface area contributed by atoms with E-state index in [0.29, 0.717) is 6.54 Å². The van der Waals surface area contributed by atoms with Gasteiger partial charge in [-0.25, -0.2) is 13.1 Å². The Labute approximate surface area is 122 Å². The van der Waals surface area contributed by atoms with Crippen LogP contribution in [0.4, 0.5) is 0 Å². The van der Waals surface area contributed by atoms with E-state index in [1.165, 1.54) is 6.26 Å². The zero-order valence-electron chi connectivity index (χ0n) is 12.5. The van der Waals surface area contributed by atoms with E-state index in [9.17, 15) is 13.2 Å². The zero-order chi connectivity index (χ0) is 15.0. The highest BCUT2D eigenvalue weighted by molar-refractivity contribution is 7.88. The Morgan fingerprint density at radius 2 is 1.90 bits per heavy atom. The predicted molar refractivity (Wildman–Crippen MR) is 80.0 cm³/mol. The minimum Gasteiger partial charge on any atom is -0.355 e. The van der Waals surface area contributed by atoms with Gasteiger partial charge in [-0.3, -0.25) is 9.69 Å². The number of unbranched alkanes of at least 4 members (excludes halogenated alkanes) is 2. The number of sulfonamides is 1. The monoisotopic (exact) mass is 305 g/mol. The third-order valence-corrected chi connectivity index (χ3v) is 4.20. The minimum atomic E-state index is -3.13. The number of rotatable bonds is 8. The summed E-state index contributed by atoms with van der Waals surface area (Å²) in [5.74, 6) is 0.0654. The van der Waals surface area contributed by atoms with Crippen molar-refractivity contribution in [3.63, 3.8) is 0 Å². The lowest BCUT2D eigenvalue weighted by atomic mass is 10.1. The first-order valence-electron chi connectivity index (χ1n) is 7.37. The van der Waals surface area contributed by atoms with Crippen LogP contribution in [-0.4, -0.2) is 57.7 Å². The molecule has 0 saturated carbocycles. The second-order valence-electron chi connectivity index (χ2n) is 5.50. The molecular weight excluding hydrogens is 278 g/mol. The van der Waals surface area contributed by atoms with Crippen LogP contribution in [0, 0.1) is 0 Å². The van der Waals surface area contributed by atoms with E-state index in [1.807, 2.05) is 0 Å². The maximum atomic E-state index is 11.7. The number of likely N-dealkylation sites (tertiary alicyclic amines) is 1. The van der Waals surface area contributed by atoms with Gasteiger partial charge in [-0.05, 0) is 19.3 Å². The molecule has 1 rings (SSSR count). The number of nitrogens with one attached hydrogen (secondary N) is 2. The van der Waals surface area contributed by atoms with Crippen LogP contribution in [0.3, 0.4) is 0 Å². The maximum absolute atomic E-state index is 11.7. The fourth-order valence-electron chi connectivity index (χ4n) is 2.37. The van der Waals surface area contributed by atoms with E-state index in [1.54, 1.807) is 0 Å². The molecule has 1 aliphatic rings. The van der Waals surface area contributed by atoms with E-state index < -0.39 is 10.0 Å². The Hall–Kier alpha value is -0.660. The van der Waals surface area contributed by atoms with Crippen LogP contribution in [0.15, 0.2) is 0 Å². The first-order chi connectivity index (χ1) is 9.40. The molecule has 0 unspecified atom stereocenters. The number of nitrogens with zero attached hydrogens (tertiary/aromatic N) is 1.